The van der Waals surface area contributed by atoms with Gasteiger partial charge in [0.25, 0.3) is 0 Å². The molecular formula is C20H23FN2O3. The molecule has 1 aromatic carbocycles. The fraction of sp³-hybridized carbons (Fsp3) is 0.350. The average molecular weight is 358 g/mol. The van der Waals surface area contributed by atoms with E-state index in [1.165, 1.54) is 18.2 Å². The van der Waals surface area contributed by atoms with Crippen LogP contribution in [0.15, 0.2) is 46.9 Å². The number of benzene rings is 1. The Bertz CT molecular complexity index is 766. The molecule has 2 aromatic rings. The fourth-order valence-corrected chi connectivity index (χ4v) is 2.97. The summed E-state index contributed by atoms with van der Waals surface area (Å²) in [6, 6.07) is 9.94. The van der Waals surface area contributed by atoms with Crippen LogP contribution in [0.5, 0.6) is 0 Å². The molecule has 3 rings (SSSR count). The zero-order valence-corrected chi connectivity index (χ0v) is 14.8. The van der Waals surface area contributed by atoms with Crippen LogP contribution in [0.2, 0.25) is 0 Å². The number of morpholine rings is 1. The van der Waals surface area contributed by atoms with Crippen molar-refractivity contribution in [3.05, 3.63) is 65.4 Å². The standard InChI is InChI=1S/C20H23FN2O3/c1-15-5-7-19(26-15)18(23-9-11-25-12-10-23)14-22-20(24)8-6-16-3-2-4-17(21)13-16/h2-8,13,18H,9-12,14H2,1H3,(H,22,24)/b8-6+. The molecular weight excluding hydrogens is 335 g/mol. The Morgan fingerprint density at radius 3 is 2.81 bits per heavy atom. The van der Waals surface area contributed by atoms with Gasteiger partial charge < -0.3 is 14.5 Å². The minimum absolute atomic E-state index is 0.0425. The molecule has 2 heterocycles. The van der Waals surface area contributed by atoms with E-state index in [2.05, 4.69) is 10.2 Å². The monoisotopic (exact) mass is 358 g/mol. The van der Waals surface area contributed by atoms with Gasteiger partial charge in [-0.15, -0.1) is 0 Å². The highest BCUT2D eigenvalue weighted by Gasteiger charge is 2.25. The molecule has 138 valence electrons. The third kappa shape index (κ3) is 5.03. The largest absolute Gasteiger partial charge is 0.465 e. The number of furan rings is 1. The summed E-state index contributed by atoms with van der Waals surface area (Å²) in [5.41, 5.74) is 0.645. The first-order valence-corrected chi connectivity index (χ1v) is 8.71. The van der Waals surface area contributed by atoms with Crippen LogP contribution < -0.4 is 5.32 Å². The molecule has 1 unspecified atom stereocenters. The van der Waals surface area contributed by atoms with E-state index < -0.39 is 0 Å². The predicted octanol–water partition coefficient (Wildman–Crippen LogP) is 2.93. The van der Waals surface area contributed by atoms with Crippen molar-refractivity contribution >= 4 is 12.0 Å². The number of nitrogens with zero attached hydrogens (tertiary/aromatic N) is 1. The molecule has 1 N–H and O–H groups in total. The zero-order valence-electron chi connectivity index (χ0n) is 14.8. The summed E-state index contributed by atoms with van der Waals surface area (Å²) in [5.74, 6) is 1.12. The van der Waals surface area contributed by atoms with Gasteiger partial charge in [0.2, 0.25) is 5.91 Å². The first-order valence-electron chi connectivity index (χ1n) is 8.71. The Labute approximate surface area is 152 Å². The highest BCUT2D eigenvalue weighted by Crippen LogP contribution is 2.23. The van der Waals surface area contributed by atoms with E-state index in [1.807, 2.05) is 19.1 Å². The number of halogens is 1. The van der Waals surface area contributed by atoms with Gasteiger partial charge in [-0.25, -0.2) is 4.39 Å². The number of amides is 1. The Morgan fingerprint density at radius 2 is 2.12 bits per heavy atom. The smallest absolute Gasteiger partial charge is 0.244 e. The van der Waals surface area contributed by atoms with E-state index >= 15 is 0 Å². The molecule has 6 heteroatoms. The van der Waals surface area contributed by atoms with E-state index in [0.717, 1.165) is 24.6 Å². The van der Waals surface area contributed by atoms with Crippen LogP contribution in [-0.4, -0.2) is 43.7 Å². The molecule has 1 aromatic heterocycles. The van der Waals surface area contributed by atoms with Gasteiger partial charge in [-0.2, -0.15) is 0 Å². The summed E-state index contributed by atoms with van der Waals surface area (Å²) in [6.45, 7) is 5.26. The van der Waals surface area contributed by atoms with Gasteiger partial charge in [0.1, 0.15) is 17.3 Å². The second-order valence-corrected chi connectivity index (χ2v) is 6.25. The maximum absolute atomic E-state index is 13.2. The number of hydrogen-bond donors (Lipinski definition) is 1. The summed E-state index contributed by atoms with van der Waals surface area (Å²) in [7, 11) is 0. The molecule has 0 spiro atoms. The molecule has 5 nitrogen and oxygen atoms in total. The Balaban J connectivity index is 1.62. The minimum Gasteiger partial charge on any atom is -0.465 e. The highest BCUT2D eigenvalue weighted by molar-refractivity contribution is 5.91. The zero-order chi connectivity index (χ0) is 18.4. The van der Waals surface area contributed by atoms with Gasteiger partial charge in [-0.3, -0.25) is 9.69 Å². The van der Waals surface area contributed by atoms with Crippen molar-refractivity contribution in [1.82, 2.24) is 10.2 Å². The van der Waals surface area contributed by atoms with Crippen molar-refractivity contribution in [1.29, 1.82) is 0 Å². The number of hydrogen-bond acceptors (Lipinski definition) is 4. The van der Waals surface area contributed by atoms with Crippen molar-refractivity contribution in [2.24, 2.45) is 0 Å². The maximum Gasteiger partial charge on any atom is 0.244 e. The summed E-state index contributed by atoms with van der Waals surface area (Å²) >= 11 is 0. The van der Waals surface area contributed by atoms with Crippen molar-refractivity contribution < 1.29 is 18.3 Å². The fourth-order valence-electron chi connectivity index (χ4n) is 2.97. The number of ether oxygens (including phenoxy) is 1. The molecule has 0 bridgehead atoms. The normalized spacial score (nSPS) is 16.7. The van der Waals surface area contributed by atoms with Gasteiger partial charge in [0, 0.05) is 25.7 Å². The van der Waals surface area contributed by atoms with Gasteiger partial charge >= 0.3 is 0 Å². The van der Waals surface area contributed by atoms with E-state index in [-0.39, 0.29) is 17.8 Å². The SMILES string of the molecule is Cc1ccc(C(CNC(=O)/C=C/c2cccc(F)c2)N2CCOCC2)o1. The quantitative estimate of drug-likeness (QED) is 0.807. The average Bonchev–Trinajstić information content (AvgIpc) is 3.07. The Hall–Kier alpha value is -2.44. The lowest BCUT2D eigenvalue weighted by atomic mass is 10.1. The molecule has 1 aliphatic rings. The maximum atomic E-state index is 13.2. The topological polar surface area (TPSA) is 54.7 Å². The van der Waals surface area contributed by atoms with Crippen molar-refractivity contribution in [3.8, 4) is 0 Å². The summed E-state index contributed by atoms with van der Waals surface area (Å²) in [5, 5.41) is 2.91. The lowest BCUT2D eigenvalue weighted by Crippen LogP contribution is -2.43. The summed E-state index contributed by atoms with van der Waals surface area (Å²) in [6.07, 6.45) is 3.01. The number of aryl methyl sites for hydroxylation is 1. The van der Waals surface area contributed by atoms with Crippen LogP contribution in [0.25, 0.3) is 6.08 Å². The van der Waals surface area contributed by atoms with E-state index in [4.69, 9.17) is 9.15 Å². The van der Waals surface area contributed by atoms with Crippen LogP contribution in [0.4, 0.5) is 4.39 Å². The van der Waals surface area contributed by atoms with E-state index in [1.54, 1.807) is 18.2 Å². The molecule has 0 aliphatic carbocycles. The summed E-state index contributed by atoms with van der Waals surface area (Å²) < 4.78 is 24.4. The third-order valence-corrected chi connectivity index (χ3v) is 4.32. The molecule has 1 atom stereocenters. The first-order chi connectivity index (χ1) is 12.6. The van der Waals surface area contributed by atoms with Crippen LogP contribution in [0, 0.1) is 12.7 Å². The number of carbonyl (C=O) groups excluding carboxylic acids is 1. The van der Waals surface area contributed by atoms with E-state index in [9.17, 15) is 9.18 Å². The summed E-state index contributed by atoms with van der Waals surface area (Å²) in [4.78, 5) is 14.4. The second kappa shape index (κ2) is 8.78. The van der Waals surface area contributed by atoms with Crippen LogP contribution in [-0.2, 0) is 9.53 Å². The van der Waals surface area contributed by atoms with Gasteiger partial charge in [-0.05, 0) is 42.8 Å². The molecule has 1 fully saturated rings. The third-order valence-electron chi connectivity index (χ3n) is 4.32. The van der Waals surface area contributed by atoms with Crippen molar-refractivity contribution in [3.63, 3.8) is 0 Å². The van der Waals surface area contributed by atoms with Gasteiger partial charge in [-0.1, -0.05) is 12.1 Å². The van der Waals surface area contributed by atoms with Gasteiger partial charge in [0.15, 0.2) is 0 Å². The highest BCUT2D eigenvalue weighted by atomic mass is 19.1. The second-order valence-electron chi connectivity index (χ2n) is 6.25. The van der Waals surface area contributed by atoms with E-state index in [0.29, 0.717) is 25.3 Å². The predicted molar refractivity (Wildman–Crippen MR) is 97.0 cm³/mol. The Morgan fingerprint density at radius 1 is 1.31 bits per heavy atom. The Kier molecular flexibility index (Phi) is 6.20. The molecule has 26 heavy (non-hydrogen) atoms. The van der Waals surface area contributed by atoms with Crippen molar-refractivity contribution in [2.45, 2.75) is 13.0 Å². The number of nitrogens with one attached hydrogen (secondary N) is 1. The molecule has 1 aliphatic heterocycles. The first kappa shape index (κ1) is 18.4. The van der Waals surface area contributed by atoms with Crippen molar-refractivity contribution in [2.75, 3.05) is 32.8 Å². The van der Waals surface area contributed by atoms with Crippen LogP contribution in [0.3, 0.4) is 0 Å². The van der Waals surface area contributed by atoms with Gasteiger partial charge in [0.05, 0.1) is 19.3 Å². The minimum atomic E-state index is -0.326. The number of rotatable bonds is 6. The molecule has 1 saturated heterocycles. The number of carbonyl (C=O) groups is 1. The van der Waals surface area contributed by atoms with Crippen LogP contribution in [0.1, 0.15) is 23.1 Å². The lowest BCUT2D eigenvalue weighted by Gasteiger charge is -2.33. The lowest BCUT2D eigenvalue weighted by molar-refractivity contribution is -0.116. The molecule has 0 radical (unpaired) electrons. The van der Waals surface area contributed by atoms with Crippen LogP contribution >= 0.6 is 0 Å². The molecule has 0 saturated carbocycles. The molecule has 1 amide bonds.